The van der Waals surface area contributed by atoms with Crippen molar-refractivity contribution >= 4 is 16.9 Å². The van der Waals surface area contributed by atoms with Gasteiger partial charge in [0.1, 0.15) is 0 Å². The summed E-state index contributed by atoms with van der Waals surface area (Å²) in [5, 5.41) is 4.86. The van der Waals surface area contributed by atoms with Crippen molar-refractivity contribution in [1.29, 1.82) is 0 Å². The van der Waals surface area contributed by atoms with Crippen LogP contribution in [0.15, 0.2) is 4.99 Å². The highest BCUT2D eigenvalue weighted by atomic mass is 32.2. The molecule has 0 bridgehead atoms. The second-order valence-corrected chi connectivity index (χ2v) is 6.97. The van der Waals surface area contributed by atoms with Crippen LogP contribution in [0.2, 0.25) is 0 Å². The highest BCUT2D eigenvalue weighted by molar-refractivity contribution is 8.13. The van der Waals surface area contributed by atoms with E-state index in [0.29, 0.717) is 11.5 Å². The normalized spacial score (nSPS) is 24.7. The first kappa shape index (κ1) is 14.2. The first-order valence-electron chi connectivity index (χ1n) is 7.72. The van der Waals surface area contributed by atoms with Gasteiger partial charge in [0, 0.05) is 18.3 Å². The molecular formula is C15H28N2S. The SMILES string of the molecule is CCCC(CC)NC1=NCC2(CCCCC2)CS1. The summed E-state index contributed by atoms with van der Waals surface area (Å²) in [6.07, 6.45) is 10.8. The maximum Gasteiger partial charge on any atom is 0.156 e. The van der Waals surface area contributed by atoms with Crippen molar-refractivity contribution in [2.24, 2.45) is 10.4 Å². The van der Waals surface area contributed by atoms with Gasteiger partial charge in [-0.3, -0.25) is 4.99 Å². The molecule has 0 saturated heterocycles. The first-order valence-corrected chi connectivity index (χ1v) is 8.70. The van der Waals surface area contributed by atoms with Crippen molar-refractivity contribution in [2.45, 2.75) is 71.3 Å². The van der Waals surface area contributed by atoms with E-state index in [2.05, 4.69) is 19.2 Å². The Morgan fingerprint density at radius 2 is 2.06 bits per heavy atom. The van der Waals surface area contributed by atoms with Crippen molar-refractivity contribution in [3.05, 3.63) is 0 Å². The molecule has 3 heteroatoms. The van der Waals surface area contributed by atoms with E-state index >= 15 is 0 Å². The third-order valence-corrected chi connectivity index (χ3v) is 5.72. The van der Waals surface area contributed by atoms with Crippen molar-refractivity contribution in [2.75, 3.05) is 12.3 Å². The van der Waals surface area contributed by atoms with Crippen LogP contribution in [-0.4, -0.2) is 23.5 Å². The molecule has 2 nitrogen and oxygen atoms in total. The molecule has 1 saturated carbocycles. The van der Waals surface area contributed by atoms with Crippen molar-refractivity contribution in [1.82, 2.24) is 5.32 Å². The molecule has 1 heterocycles. The third kappa shape index (κ3) is 3.66. The van der Waals surface area contributed by atoms with E-state index in [1.54, 1.807) is 0 Å². The summed E-state index contributed by atoms with van der Waals surface area (Å²) in [6.45, 7) is 5.60. The van der Waals surface area contributed by atoms with Gasteiger partial charge in [-0.15, -0.1) is 0 Å². The van der Waals surface area contributed by atoms with Gasteiger partial charge in [-0.1, -0.05) is 51.3 Å². The van der Waals surface area contributed by atoms with Crippen molar-refractivity contribution in [3.63, 3.8) is 0 Å². The molecule has 2 rings (SSSR count). The predicted molar refractivity (Wildman–Crippen MR) is 82.4 cm³/mol. The average molecular weight is 268 g/mol. The van der Waals surface area contributed by atoms with Crippen LogP contribution in [0, 0.1) is 5.41 Å². The highest BCUT2D eigenvalue weighted by Gasteiger charge is 2.35. The van der Waals surface area contributed by atoms with Gasteiger partial charge in [0.05, 0.1) is 0 Å². The third-order valence-electron chi connectivity index (χ3n) is 4.44. The van der Waals surface area contributed by atoms with E-state index in [1.807, 2.05) is 11.8 Å². The maximum atomic E-state index is 4.84. The van der Waals surface area contributed by atoms with Crippen molar-refractivity contribution in [3.8, 4) is 0 Å². The number of hydrogen-bond donors (Lipinski definition) is 1. The minimum atomic E-state index is 0.556. The molecular weight excluding hydrogens is 240 g/mol. The Balaban J connectivity index is 1.85. The number of aliphatic imine (C=N–C) groups is 1. The second kappa shape index (κ2) is 6.83. The number of amidine groups is 1. The topological polar surface area (TPSA) is 24.4 Å². The highest BCUT2D eigenvalue weighted by Crippen LogP contribution is 2.41. The molecule has 1 unspecified atom stereocenters. The van der Waals surface area contributed by atoms with Crippen LogP contribution in [0.25, 0.3) is 0 Å². The van der Waals surface area contributed by atoms with Crippen LogP contribution in [0.1, 0.15) is 65.2 Å². The Labute approximate surface area is 116 Å². The van der Waals surface area contributed by atoms with Crippen LogP contribution in [0.5, 0.6) is 0 Å². The fraction of sp³-hybridized carbons (Fsp3) is 0.933. The molecule has 104 valence electrons. The molecule has 0 aromatic rings. The van der Waals surface area contributed by atoms with E-state index < -0.39 is 0 Å². The largest absolute Gasteiger partial charge is 0.362 e. The first-order chi connectivity index (χ1) is 8.78. The minimum absolute atomic E-state index is 0.556. The van der Waals surface area contributed by atoms with Crippen LogP contribution in [-0.2, 0) is 0 Å². The summed E-state index contributed by atoms with van der Waals surface area (Å²) in [5.41, 5.74) is 0.556. The molecule has 2 aliphatic rings. The number of nitrogens with zero attached hydrogens (tertiary/aromatic N) is 1. The van der Waals surface area contributed by atoms with Gasteiger partial charge in [0.2, 0.25) is 0 Å². The standard InChI is InChI=1S/C15H28N2S/c1-3-8-13(4-2)17-14-16-11-15(12-18-14)9-6-5-7-10-15/h13H,3-12H2,1-2H3,(H,16,17). The van der Waals surface area contributed by atoms with Crippen molar-refractivity contribution < 1.29 is 0 Å². The molecule has 1 aliphatic heterocycles. The van der Waals surface area contributed by atoms with E-state index in [4.69, 9.17) is 4.99 Å². The van der Waals surface area contributed by atoms with Gasteiger partial charge >= 0.3 is 0 Å². The number of thioether (sulfide) groups is 1. The summed E-state index contributed by atoms with van der Waals surface area (Å²) < 4.78 is 0. The summed E-state index contributed by atoms with van der Waals surface area (Å²) >= 11 is 1.98. The monoisotopic (exact) mass is 268 g/mol. The lowest BCUT2D eigenvalue weighted by Gasteiger charge is -2.38. The smallest absolute Gasteiger partial charge is 0.156 e. The Bertz CT molecular complexity index is 282. The van der Waals surface area contributed by atoms with Crippen LogP contribution < -0.4 is 5.32 Å². The quantitative estimate of drug-likeness (QED) is 0.826. The molecule has 1 N–H and O–H groups in total. The number of nitrogens with one attached hydrogen (secondary N) is 1. The minimum Gasteiger partial charge on any atom is -0.362 e. The molecule has 1 aliphatic carbocycles. The van der Waals surface area contributed by atoms with E-state index in [1.165, 1.54) is 62.3 Å². The number of rotatable bonds is 4. The van der Waals surface area contributed by atoms with E-state index in [9.17, 15) is 0 Å². The van der Waals surface area contributed by atoms with E-state index in [0.717, 1.165) is 6.54 Å². The van der Waals surface area contributed by atoms with Gasteiger partial charge in [-0.2, -0.15) is 0 Å². The maximum absolute atomic E-state index is 4.84. The zero-order chi connectivity index (χ0) is 12.8. The Morgan fingerprint density at radius 1 is 1.28 bits per heavy atom. The lowest BCUT2D eigenvalue weighted by Crippen LogP contribution is -2.40. The second-order valence-electron chi connectivity index (χ2n) is 6.01. The summed E-state index contributed by atoms with van der Waals surface area (Å²) in [7, 11) is 0. The zero-order valence-corrected chi connectivity index (χ0v) is 12.8. The summed E-state index contributed by atoms with van der Waals surface area (Å²) in [4.78, 5) is 4.84. The molecule has 0 radical (unpaired) electrons. The van der Waals surface area contributed by atoms with Gasteiger partial charge in [-0.25, -0.2) is 0 Å². The zero-order valence-electron chi connectivity index (χ0n) is 12.0. The Morgan fingerprint density at radius 3 is 2.61 bits per heavy atom. The summed E-state index contributed by atoms with van der Waals surface area (Å²) in [6, 6.07) is 0.627. The van der Waals surface area contributed by atoms with E-state index in [-0.39, 0.29) is 0 Å². The molecule has 0 aromatic heterocycles. The van der Waals surface area contributed by atoms with Gasteiger partial charge in [-0.05, 0) is 31.1 Å². The number of hydrogen-bond acceptors (Lipinski definition) is 3. The molecule has 1 spiro atoms. The lowest BCUT2D eigenvalue weighted by molar-refractivity contribution is 0.232. The Hall–Kier alpha value is -0.180. The molecule has 18 heavy (non-hydrogen) atoms. The Kier molecular flexibility index (Phi) is 5.40. The predicted octanol–water partition coefficient (Wildman–Crippen LogP) is 4.21. The van der Waals surface area contributed by atoms with Gasteiger partial charge < -0.3 is 5.32 Å². The van der Waals surface area contributed by atoms with Gasteiger partial charge in [0.15, 0.2) is 5.17 Å². The fourth-order valence-electron chi connectivity index (χ4n) is 3.15. The lowest BCUT2D eigenvalue weighted by atomic mass is 9.75. The van der Waals surface area contributed by atoms with Gasteiger partial charge in [0.25, 0.3) is 0 Å². The molecule has 0 aromatic carbocycles. The van der Waals surface area contributed by atoms with Crippen LogP contribution in [0.3, 0.4) is 0 Å². The molecule has 1 fully saturated rings. The van der Waals surface area contributed by atoms with Crippen LogP contribution >= 0.6 is 11.8 Å². The molecule has 0 amide bonds. The molecule has 1 atom stereocenters. The average Bonchev–Trinajstić information content (AvgIpc) is 2.42. The fourth-order valence-corrected chi connectivity index (χ4v) is 4.37. The summed E-state index contributed by atoms with van der Waals surface area (Å²) in [5.74, 6) is 1.29. The van der Waals surface area contributed by atoms with Crippen LogP contribution in [0.4, 0.5) is 0 Å².